The Balaban J connectivity index is 3.58. The molecule has 0 fully saturated rings. The lowest BCUT2D eigenvalue weighted by Crippen LogP contribution is -2.28. The second-order valence-corrected chi connectivity index (χ2v) is 1.56. The van der Waals surface area contributed by atoms with Gasteiger partial charge in [0.25, 0.3) is 0 Å². The van der Waals surface area contributed by atoms with Crippen molar-refractivity contribution >= 4 is 11.6 Å². The fourth-order valence-electron chi connectivity index (χ4n) is 0.250. The van der Waals surface area contributed by atoms with E-state index in [9.17, 15) is 0 Å². The van der Waals surface area contributed by atoms with Crippen molar-refractivity contribution in [1.29, 1.82) is 0 Å². The van der Waals surface area contributed by atoms with Crippen molar-refractivity contribution in [3.8, 4) is 0 Å². The fraction of sp³-hybridized carbons (Fsp3) is 1.00. The van der Waals surface area contributed by atoms with Crippen molar-refractivity contribution < 1.29 is 14.2 Å². The lowest BCUT2D eigenvalue weighted by molar-refractivity contribution is -0.291. The molecule has 0 spiro atoms. The minimum absolute atomic E-state index is 1.39. The Morgan fingerprint density at radius 1 is 1.00 bits per heavy atom. The van der Waals surface area contributed by atoms with Gasteiger partial charge in [0.1, 0.15) is 0 Å². The molecule has 0 aliphatic carbocycles. The molecule has 0 rings (SSSR count). The van der Waals surface area contributed by atoms with E-state index in [1.807, 2.05) is 0 Å². The summed E-state index contributed by atoms with van der Waals surface area (Å²) >= 11 is 5.43. The lowest BCUT2D eigenvalue weighted by atomic mass is 11.2. The molecule has 0 atom stereocenters. The molecule has 0 aromatic rings. The summed E-state index contributed by atoms with van der Waals surface area (Å²) in [6.07, 6.45) is 0. The van der Waals surface area contributed by atoms with Crippen LogP contribution < -0.4 is 0 Å². The van der Waals surface area contributed by atoms with Crippen molar-refractivity contribution in [1.82, 2.24) is 0 Å². The first-order valence-electron chi connectivity index (χ1n) is 2.03. The Bertz CT molecular complexity index is 54.0. The fourth-order valence-corrected chi connectivity index (χ4v) is 0.250. The predicted octanol–water partition coefficient (Wildman–Crippen LogP) is 0.776. The highest BCUT2D eigenvalue weighted by Crippen LogP contribution is 2.15. The van der Waals surface area contributed by atoms with Gasteiger partial charge in [-0.2, -0.15) is 0 Å². The second-order valence-electron chi connectivity index (χ2n) is 1.09. The first kappa shape index (κ1) is 8.17. The highest BCUT2D eigenvalue weighted by Gasteiger charge is 2.24. The molecule has 0 N–H and O–H groups in total. The second kappa shape index (κ2) is 3.25. The Kier molecular flexibility index (Phi) is 3.31. The molecule has 0 aromatic carbocycles. The third-order valence-corrected chi connectivity index (χ3v) is 1.19. The van der Waals surface area contributed by atoms with E-state index in [1.54, 1.807) is 0 Å². The first-order valence-corrected chi connectivity index (χ1v) is 2.40. The monoisotopic (exact) mass is 140 g/mol. The van der Waals surface area contributed by atoms with Crippen LogP contribution in [-0.4, -0.2) is 26.8 Å². The van der Waals surface area contributed by atoms with Crippen LogP contribution in [0.3, 0.4) is 0 Å². The van der Waals surface area contributed by atoms with Crippen LogP contribution in [0, 0.1) is 0 Å². The number of hydrogen-bond acceptors (Lipinski definition) is 3. The van der Waals surface area contributed by atoms with Gasteiger partial charge in [0.15, 0.2) is 0 Å². The standard InChI is InChI=1S/C4H9ClO3/c1-6-4(5,7-2)8-3/h1-3H3. The van der Waals surface area contributed by atoms with Crippen molar-refractivity contribution in [2.45, 2.75) is 5.43 Å². The van der Waals surface area contributed by atoms with Crippen LogP contribution in [0.5, 0.6) is 0 Å². The number of hydrogen-bond donors (Lipinski definition) is 0. The molecule has 0 amide bonds. The van der Waals surface area contributed by atoms with Crippen molar-refractivity contribution in [3.63, 3.8) is 0 Å². The molecule has 0 saturated heterocycles. The Labute approximate surface area is 53.5 Å². The Morgan fingerprint density at radius 2 is 1.25 bits per heavy atom. The van der Waals surface area contributed by atoms with E-state index in [0.717, 1.165) is 0 Å². The molecule has 0 aliphatic heterocycles. The Morgan fingerprint density at radius 3 is 1.25 bits per heavy atom. The zero-order valence-corrected chi connectivity index (χ0v) is 5.86. The number of alkyl halides is 1. The average Bonchev–Trinajstić information content (AvgIpc) is 1.87. The highest BCUT2D eigenvalue weighted by molar-refractivity contribution is 6.20. The zero-order chi connectivity index (χ0) is 6.62. The quantitative estimate of drug-likeness (QED) is 0.428. The molecule has 0 saturated carbocycles. The average molecular weight is 141 g/mol. The van der Waals surface area contributed by atoms with Gasteiger partial charge in [0.05, 0.1) is 0 Å². The predicted molar refractivity (Wildman–Crippen MR) is 29.6 cm³/mol. The van der Waals surface area contributed by atoms with E-state index in [1.165, 1.54) is 21.3 Å². The molecule has 4 heteroatoms. The van der Waals surface area contributed by atoms with E-state index < -0.39 is 5.43 Å². The highest BCUT2D eigenvalue weighted by atomic mass is 35.5. The summed E-state index contributed by atoms with van der Waals surface area (Å²) in [6.45, 7) is 0. The van der Waals surface area contributed by atoms with Crippen LogP contribution in [-0.2, 0) is 14.2 Å². The molecule has 8 heavy (non-hydrogen) atoms. The number of rotatable bonds is 3. The van der Waals surface area contributed by atoms with E-state index in [0.29, 0.717) is 0 Å². The zero-order valence-electron chi connectivity index (χ0n) is 5.10. The number of methoxy groups -OCH3 is 3. The van der Waals surface area contributed by atoms with Gasteiger partial charge in [-0.3, -0.25) is 0 Å². The van der Waals surface area contributed by atoms with Gasteiger partial charge in [-0.05, 0) is 11.6 Å². The first-order chi connectivity index (χ1) is 3.68. The van der Waals surface area contributed by atoms with Gasteiger partial charge in [-0.25, -0.2) is 0 Å². The molecule has 0 aromatic heterocycles. The third kappa shape index (κ3) is 1.96. The molecular weight excluding hydrogens is 131 g/mol. The van der Waals surface area contributed by atoms with Crippen LogP contribution in [0.2, 0.25) is 0 Å². The van der Waals surface area contributed by atoms with E-state index in [2.05, 4.69) is 14.2 Å². The van der Waals surface area contributed by atoms with Crippen LogP contribution in [0.15, 0.2) is 0 Å². The largest absolute Gasteiger partial charge is 0.369 e. The van der Waals surface area contributed by atoms with Gasteiger partial charge < -0.3 is 14.2 Å². The maximum absolute atomic E-state index is 5.43. The van der Waals surface area contributed by atoms with Crippen LogP contribution >= 0.6 is 11.6 Å². The normalized spacial score (nSPS) is 12.0. The number of ether oxygens (including phenoxy) is 3. The minimum Gasteiger partial charge on any atom is -0.318 e. The van der Waals surface area contributed by atoms with E-state index in [-0.39, 0.29) is 0 Å². The van der Waals surface area contributed by atoms with E-state index in [4.69, 9.17) is 11.6 Å². The summed E-state index contributed by atoms with van der Waals surface area (Å²) in [5, 5.41) is 0. The maximum Gasteiger partial charge on any atom is 0.369 e. The molecular formula is C4H9ClO3. The molecule has 3 nitrogen and oxygen atoms in total. The summed E-state index contributed by atoms with van der Waals surface area (Å²) in [5.74, 6) is 0. The molecule has 0 unspecified atom stereocenters. The molecule has 0 aliphatic rings. The van der Waals surface area contributed by atoms with Crippen LogP contribution in [0.25, 0.3) is 0 Å². The summed E-state index contributed by atoms with van der Waals surface area (Å²) < 4.78 is 13.7. The molecule has 0 radical (unpaired) electrons. The van der Waals surface area contributed by atoms with Crippen molar-refractivity contribution in [2.24, 2.45) is 0 Å². The minimum atomic E-state index is -1.40. The van der Waals surface area contributed by atoms with Gasteiger partial charge in [0, 0.05) is 21.3 Å². The smallest absolute Gasteiger partial charge is 0.318 e. The summed E-state index contributed by atoms with van der Waals surface area (Å²) in [5.41, 5.74) is -1.40. The van der Waals surface area contributed by atoms with Crippen molar-refractivity contribution in [2.75, 3.05) is 21.3 Å². The topological polar surface area (TPSA) is 27.7 Å². The molecule has 50 valence electrons. The van der Waals surface area contributed by atoms with Crippen molar-refractivity contribution in [3.05, 3.63) is 0 Å². The Hall–Kier alpha value is 0.170. The van der Waals surface area contributed by atoms with Gasteiger partial charge >= 0.3 is 5.43 Å². The lowest BCUT2D eigenvalue weighted by Gasteiger charge is -2.19. The molecule has 0 heterocycles. The summed E-state index contributed by atoms with van der Waals surface area (Å²) in [4.78, 5) is 0. The van der Waals surface area contributed by atoms with Gasteiger partial charge in [-0.1, -0.05) is 0 Å². The summed E-state index contributed by atoms with van der Waals surface area (Å²) in [6, 6.07) is 0. The van der Waals surface area contributed by atoms with Gasteiger partial charge in [0.2, 0.25) is 0 Å². The van der Waals surface area contributed by atoms with Crippen LogP contribution in [0.1, 0.15) is 0 Å². The third-order valence-electron chi connectivity index (χ3n) is 0.731. The SMILES string of the molecule is COC(Cl)(OC)OC. The maximum atomic E-state index is 5.43. The van der Waals surface area contributed by atoms with Gasteiger partial charge in [-0.15, -0.1) is 0 Å². The van der Waals surface area contributed by atoms with Crippen LogP contribution in [0.4, 0.5) is 0 Å². The molecule has 0 bridgehead atoms. The van der Waals surface area contributed by atoms with E-state index >= 15 is 0 Å². The summed E-state index contributed by atoms with van der Waals surface area (Å²) in [7, 11) is 4.17. The number of halogens is 1.